The van der Waals surface area contributed by atoms with E-state index in [-0.39, 0.29) is 24.7 Å². The lowest BCUT2D eigenvalue weighted by Crippen LogP contribution is -2.53. The molecule has 0 unspecified atom stereocenters. The van der Waals surface area contributed by atoms with Crippen LogP contribution in [0.2, 0.25) is 0 Å². The Morgan fingerprint density at radius 2 is 1.83 bits per heavy atom. The van der Waals surface area contributed by atoms with Crippen LogP contribution in [0.1, 0.15) is 45.2 Å². The van der Waals surface area contributed by atoms with E-state index in [0.717, 1.165) is 11.6 Å². The molecule has 0 spiro atoms. The normalized spacial score (nSPS) is 20.7. The summed E-state index contributed by atoms with van der Waals surface area (Å²) in [5, 5.41) is 9.37. The van der Waals surface area contributed by atoms with Gasteiger partial charge in [0.15, 0.2) is 0 Å². The van der Waals surface area contributed by atoms with E-state index in [2.05, 4.69) is 0 Å². The van der Waals surface area contributed by atoms with Crippen molar-refractivity contribution in [1.29, 1.82) is 0 Å². The molecule has 0 radical (unpaired) electrons. The lowest BCUT2D eigenvalue weighted by atomic mass is 9.83. The highest BCUT2D eigenvalue weighted by Crippen LogP contribution is 2.37. The summed E-state index contributed by atoms with van der Waals surface area (Å²) in [6, 6.07) is 10.5. The van der Waals surface area contributed by atoms with Gasteiger partial charge in [-0.05, 0) is 36.1 Å². The van der Waals surface area contributed by atoms with Crippen LogP contribution in [0.3, 0.4) is 0 Å². The summed E-state index contributed by atoms with van der Waals surface area (Å²) in [4.78, 5) is 14.4. The van der Waals surface area contributed by atoms with Gasteiger partial charge in [-0.3, -0.25) is 0 Å². The number of carbonyl (C=O) groups is 1. The number of rotatable bonds is 6. The Hall–Kier alpha value is -2.47. The third-order valence-electron chi connectivity index (χ3n) is 5.99. The average Bonchev–Trinajstić information content (AvgIpc) is 2.68. The molecule has 29 heavy (non-hydrogen) atoms. The first kappa shape index (κ1) is 21.2. The fourth-order valence-electron chi connectivity index (χ4n) is 3.94. The maximum atomic E-state index is 14.0. The molecular formula is C23H27F2NO3. The first-order valence-electron chi connectivity index (χ1n) is 9.93. The van der Waals surface area contributed by atoms with Crippen molar-refractivity contribution < 1.29 is 23.4 Å². The van der Waals surface area contributed by atoms with Gasteiger partial charge in [-0.1, -0.05) is 38.1 Å². The monoisotopic (exact) mass is 403 g/mol. The third kappa shape index (κ3) is 4.27. The Balaban J connectivity index is 1.75. The van der Waals surface area contributed by atoms with Crippen molar-refractivity contribution in [3.05, 3.63) is 59.7 Å². The van der Waals surface area contributed by atoms with E-state index in [0.29, 0.717) is 30.5 Å². The number of carbonyl (C=O) groups excluding carboxylic acids is 1. The second kappa shape index (κ2) is 8.49. The quantitative estimate of drug-likeness (QED) is 0.711. The summed E-state index contributed by atoms with van der Waals surface area (Å²) in [5.41, 5.74) is 1.23. The number of amides is 1. The van der Waals surface area contributed by atoms with Gasteiger partial charge < -0.3 is 14.7 Å². The number of halogens is 2. The van der Waals surface area contributed by atoms with Crippen LogP contribution in [0.4, 0.5) is 13.6 Å². The Bertz CT molecular complexity index is 869. The molecule has 0 aliphatic carbocycles. The van der Waals surface area contributed by atoms with Crippen LogP contribution in [0, 0.1) is 17.6 Å². The Morgan fingerprint density at radius 1 is 1.14 bits per heavy atom. The van der Waals surface area contributed by atoms with Crippen LogP contribution in [0.15, 0.2) is 42.5 Å². The molecule has 0 saturated carbocycles. The molecule has 6 heteroatoms. The van der Waals surface area contributed by atoms with Gasteiger partial charge in [-0.15, -0.1) is 0 Å². The molecule has 3 rings (SSSR count). The maximum Gasteiger partial charge on any atom is 0.410 e. The Labute approximate surface area is 170 Å². The molecular weight excluding hydrogens is 376 g/mol. The van der Waals surface area contributed by atoms with Crippen LogP contribution in [0.25, 0.3) is 11.1 Å². The summed E-state index contributed by atoms with van der Waals surface area (Å²) in [5.74, 6) is -1.11. The van der Waals surface area contributed by atoms with Crippen LogP contribution in [-0.4, -0.2) is 34.9 Å². The molecule has 2 atom stereocenters. The third-order valence-corrected chi connectivity index (χ3v) is 5.99. The zero-order valence-corrected chi connectivity index (χ0v) is 17.0. The van der Waals surface area contributed by atoms with Crippen LogP contribution < -0.4 is 0 Å². The zero-order chi connectivity index (χ0) is 21.2. The lowest BCUT2D eigenvalue weighted by Gasteiger charge is -2.45. The zero-order valence-electron chi connectivity index (χ0n) is 17.0. The van der Waals surface area contributed by atoms with Gasteiger partial charge in [0.25, 0.3) is 0 Å². The predicted octanol–water partition coefficient (Wildman–Crippen LogP) is 5.31. The van der Waals surface area contributed by atoms with Crippen LogP contribution in [0.5, 0.6) is 0 Å². The van der Waals surface area contributed by atoms with E-state index in [9.17, 15) is 18.7 Å². The van der Waals surface area contributed by atoms with Gasteiger partial charge in [0.2, 0.25) is 0 Å². The van der Waals surface area contributed by atoms with Crippen molar-refractivity contribution in [3.63, 3.8) is 0 Å². The summed E-state index contributed by atoms with van der Waals surface area (Å²) < 4.78 is 32.9. The molecule has 1 N–H and O–H groups in total. The average molecular weight is 403 g/mol. The number of ether oxygens (including phenoxy) is 1. The molecule has 1 amide bonds. The highest BCUT2D eigenvalue weighted by Gasteiger charge is 2.43. The highest BCUT2D eigenvalue weighted by molar-refractivity contribution is 5.70. The van der Waals surface area contributed by atoms with Crippen LogP contribution in [-0.2, 0) is 4.74 Å². The van der Waals surface area contributed by atoms with Crippen molar-refractivity contribution in [1.82, 2.24) is 4.90 Å². The van der Waals surface area contributed by atoms with Crippen molar-refractivity contribution >= 4 is 6.09 Å². The van der Waals surface area contributed by atoms with Gasteiger partial charge >= 0.3 is 6.09 Å². The van der Waals surface area contributed by atoms with E-state index in [1.54, 1.807) is 17.0 Å². The van der Waals surface area contributed by atoms with Gasteiger partial charge in [0.1, 0.15) is 17.2 Å². The molecule has 2 aromatic rings. The molecule has 1 aliphatic rings. The number of aliphatic hydroxyl groups is 1. The molecule has 2 aromatic carbocycles. The number of cyclic esters (lactones) is 1. The lowest BCUT2D eigenvalue weighted by molar-refractivity contribution is -0.0929. The summed E-state index contributed by atoms with van der Waals surface area (Å²) in [6.45, 7) is 6.42. The minimum atomic E-state index is -0.633. The molecule has 1 heterocycles. The minimum Gasteiger partial charge on any atom is -0.442 e. The number of hydrogen-bond donors (Lipinski definition) is 1. The fourth-order valence-corrected chi connectivity index (χ4v) is 3.94. The topological polar surface area (TPSA) is 49.8 Å². The maximum absolute atomic E-state index is 14.0. The van der Waals surface area contributed by atoms with Crippen LogP contribution >= 0.6 is 0 Å². The number of aliphatic hydroxyl groups excluding tert-OH is 1. The van der Waals surface area contributed by atoms with E-state index < -0.39 is 17.2 Å². The largest absolute Gasteiger partial charge is 0.442 e. The van der Waals surface area contributed by atoms with E-state index in [4.69, 9.17) is 4.74 Å². The molecule has 1 fully saturated rings. The number of nitrogens with zero attached hydrogens (tertiary/aromatic N) is 1. The van der Waals surface area contributed by atoms with Crippen molar-refractivity contribution in [3.8, 4) is 11.1 Å². The predicted molar refractivity (Wildman–Crippen MR) is 107 cm³/mol. The number of hydrogen-bond acceptors (Lipinski definition) is 3. The van der Waals surface area contributed by atoms with Gasteiger partial charge in [0, 0.05) is 37.6 Å². The smallest absolute Gasteiger partial charge is 0.410 e. The van der Waals surface area contributed by atoms with E-state index in [1.807, 2.05) is 32.9 Å². The van der Waals surface area contributed by atoms with E-state index in [1.165, 1.54) is 12.1 Å². The Kier molecular flexibility index (Phi) is 6.22. The second-order valence-corrected chi connectivity index (χ2v) is 7.93. The fraction of sp³-hybridized carbons (Fsp3) is 0.435. The summed E-state index contributed by atoms with van der Waals surface area (Å²) in [6.07, 6.45) is 0.691. The molecule has 4 nitrogen and oxygen atoms in total. The molecule has 156 valence electrons. The van der Waals surface area contributed by atoms with Crippen molar-refractivity contribution in [2.75, 3.05) is 13.2 Å². The first-order valence-corrected chi connectivity index (χ1v) is 9.93. The molecule has 1 aliphatic heterocycles. The second-order valence-electron chi connectivity index (χ2n) is 7.93. The van der Waals surface area contributed by atoms with E-state index >= 15 is 0 Å². The molecule has 0 bridgehead atoms. The molecule has 1 saturated heterocycles. The standard InChI is InChI=1S/C23H27F2NO3/c1-15(2)23(11-13-27)10-12-26(22(28)29-23)16(3)17-4-6-18(7-5-17)20-9-8-19(24)14-21(20)25/h4-9,14-16,27H,10-13H2,1-3H3/t16-,23+/m0/s1. The highest BCUT2D eigenvalue weighted by atomic mass is 19.1. The van der Waals surface area contributed by atoms with Crippen molar-refractivity contribution in [2.45, 2.75) is 45.3 Å². The summed E-state index contributed by atoms with van der Waals surface area (Å²) >= 11 is 0. The van der Waals surface area contributed by atoms with Crippen molar-refractivity contribution in [2.24, 2.45) is 5.92 Å². The molecule has 0 aromatic heterocycles. The minimum absolute atomic E-state index is 0.0254. The first-order chi connectivity index (χ1) is 13.8. The van der Waals surface area contributed by atoms with Gasteiger partial charge in [0.05, 0.1) is 6.04 Å². The van der Waals surface area contributed by atoms with Gasteiger partial charge in [-0.25, -0.2) is 13.6 Å². The summed E-state index contributed by atoms with van der Waals surface area (Å²) in [7, 11) is 0. The SMILES string of the molecule is CC(C)[C@]1(CCO)CCN([C@@H](C)c2ccc(-c3ccc(F)cc3F)cc2)C(=O)O1. The van der Waals surface area contributed by atoms with Gasteiger partial charge in [-0.2, -0.15) is 0 Å². The number of benzene rings is 2. The Morgan fingerprint density at radius 3 is 2.38 bits per heavy atom.